The van der Waals surface area contributed by atoms with Crippen molar-refractivity contribution in [1.82, 2.24) is 15.1 Å². The molecule has 0 aliphatic carbocycles. The number of nitrogens with one attached hydrogen (secondary N) is 1. The van der Waals surface area contributed by atoms with Gasteiger partial charge in [0.15, 0.2) is 0 Å². The monoisotopic (exact) mass is 301 g/mol. The molecule has 0 radical (unpaired) electrons. The number of hydrogen-bond donors (Lipinski definition) is 2. The van der Waals surface area contributed by atoms with Crippen LogP contribution in [0.15, 0.2) is 0 Å². The summed E-state index contributed by atoms with van der Waals surface area (Å²) in [4.78, 5) is 37.7. The van der Waals surface area contributed by atoms with Crippen LogP contribution in [0.5, 0.6) is 0 Å². The fraction of sp³-hybridized carbons (Fsp3) is 0.786. The largest absolute Gasteiger partial charge is 0.480 e. The Bertz CT molecular complexity index is 369. The number of nitrogens with zero attached hydrogens (tertiary/aromatic N) is 2. The highest BCUT2D eigenvalue weighted by Crippen LogP contribution is 2.01. The first-order valence-electron chi connectivity index (χ1n) is 7.20. The molecule has 0 spiro atoms. The normalized spacial score (nSPS) is 11.0. The molecule has 0 aromatic heterocycles. The second-order valence-corrected chi connectivity index (χ2v) is 5.52. The van der Waals surface area contributed by atoms with Gasteiger partial charge >= 0.3 is 5.97 Å². The fourth-order valence-electron chi connectivity index (χ4n) is 1.79. The minimum absolute atomic E-state index is 0.00718. The Morgan fingerprint density at radius 1 is 1.05 bits per heavy atom. The number of carbonyl (C=O) groups excluding carboxylic acids is 2. The molecular weight excluding hydrogens is 274 g/mol. The average Bonchev–Trinajstić information content (AvgIpc) is 2.33. The first kappa shape index (κ1) is 19.4. The van der Waals surface area contributed by atoms with E-state index in [-0.39, 0.29) is 43.5 Å². The molecule has 0 saturated heterocycles. The van der Waals surface area contributed by atoms with E-state index in [2.05, 4.69) is 5.32 Å². The van der Waals surface area contributed by atoms with E-state index in [4.69, 9.17) is 5.11 Å². The van der Waals surface area contributed by atoms with E-state index in [9.17, 15) is 14.4 Å². The average molecular weight is 301 g/mol. The highest BCUT2D eigenvalue weighted by atomic mass is 16.4. The second-order valence-electron chi connectivity index (χ2n) is 5.52. The topological polar surface area (TPSA) is 90.0 Å². The maximum Gasteiger partial charge on any atom is 0.317 e. The number of carboxylic acid groups (broad SMARTS) is 1. The zero-order valence-corrected chi connectivity index (χ0v) is 13.5. The standard InChI is InChI=1S/C14H27N3O4/c1-6-16(7-12(18)15-10(2)3)13(19)8-17(11(4)5)9-14(20)21/h10-11H,6-9H2,1-5H3,(H,15,18)(H,20,21). The van der Waals surface area contributed by atoms with Crippen LogP contribution in [0.2, 0.25) is 0 Å². The molecule has 21 heavy (non-hydrogen) atoms. The molecule has 7 heteroatoms. The van der Waals surface area contributed by atoms with Crippen LogP contribution in [0.4, 0.5) is 0 Å². The van der Waals surface area contributed by atoms with Crippen molar-refractivity contribution in [3.05, 3.63) is 0 Å². The number of amides is 2. The molecule has 122 valence electrons. The van der Waals surface area contributed by atoms with Crippen molar-refractivity contribution in [2.24, 2.45) is 0 Å². The lowest BCUT2D eigenvalue weighted by Crippen LogP contribution is -2.48. The Balaban J connectivity index is 4.62. The van der Waals surface area contributed by atoms with Gasteiger partial charge in [0.05, 0.1) is 19.6 Å². The Morgan fingerprint density at radius 2 is 1.62 bits per heavy atom. The lowest BCUT2D eigenvalue weighted by Gasteiger charge is -2.28. The van der Waals surface area contributed by atoms with Gasteiger partial charge < -0.3 is 15.3 Å². The zero-order chi connectivity index (χ0) is 16.6. The quantitative estimate of drug-likeness (QED) is 0.633. The van der Waals surface area contributed by atoms with E-state index in [1.807, 2.05) is 27.7 Å². The minimum Gasteiger partial charge on any atom is -0.480 e. The summed E-state index contributed by atoms with van der Waals surface area (Å²) in [6.07, 6.45) is 0. The maximum absolute atomic E-state index is 12.2. The first-order chi connectivity index (χ1) is 9.67. The molecule has 7 nitrogen and oxygen atoms in total. The minimum atomic E-state index is -0.975. The Labute approximate surface area is 126 Å². The van der Waals surface area contributed by atoms with Gasteiger partial charge in [0.25, 0.3) is 0 Å². The van der Waals surface area contributed by atoms with Gasteiger partial charge in [0.2, 0.25) is 11.8 Å². The second kappa shape index (κ2) is 9.33. The van der Waals surface area contributed by atoms with Crippen molar-refractivity contribution in [2.75, 3.05) is 26.2 Å². The zero-order valence-electron chi connectivity index (χ0n) is 13.5. The lowest BCUT2D eigenvalue weighted by molar-refractivity contribution is -0.141. The molecule has 0 aliphatic rings. The molecule has 0 bridgehead atoms. The predicted octanol–water partition coefficient (Wildman–Crippen LogP) is 0.155. The van der Waals surface area contributed by atoms with Crippen LogP contribution >= 0.6 is 0 Å². The van der Waals surface area contributed by atoms with E-state index < -0.39 is 5.97 Å². The van der Waals surface area contributed by atoms with Crippen LogP contribution in [-0.4, -0.2) is 71.0 Å². The summed E-state index contributed by atoms with van der Waals surface area (Å²) in [5, 5.41) is 11.6. The van der Waals surface area contributed by atoms with E-state index in [0.29, 0.717) is 6.54 Å². The number of hydrogen-bond acceptors (Lipinski definition) is 4. The van der Waals surface area contributed by atoms with Crippen molar-refractivity contribution >= 4 is 17.8 Å². The fourth-order valence-corrected chi connectivity index (χ4v) is 1.79. The van der Waals surface area contributed by atoms with Gasteiger partial charge in [0.1, 0.15) is 0 Å². The number of likely N-dealkylation sites (N-methyl/N-ethyl adjacent to an activating group) is 1. The van der Waals surface area contributed by atoms with Crippen LogP contribution in [0.3, 0.4) is 0 Å². The van der Waals surface area contributed by atoms with E-state index >= 15 is 0 Å². The number of aliphatic carboxylic acids is 1. The molecule has 0 aromatic rings. The van der Waals surface area contributed by atoms with Gasteiger partial charge in [0, 0.05) is 18.6 Å². The highest BCUT2D eigenvalue weighted by Gasteiger charge is 2.21. The Kier molecular flexibility index (Phi) is 8.61. The molecule has 0 atom stereocenters. The third-order valence-electron chi connectivity index (χ3n) is 2.93. The Hall–Kier alpha value is -1.63. The van der Waals surface area contributed by atoms with Crippen molar-refractivity contribution in [2.45, 2.75) is 46.7 Å². The molecule has 0 aromatic carbocycles. The summed E-state index contributed by atoms with van der Waals surface area (Å²) >= 11 is 0. The number of carboxylic acids is 1. The van der Waals surface area contributed by atoms with E-state index in [1.165, 1.54) is 4.90 Å². The number of carbonyl (C=O) groups is 3. The summed E-state index contributed by atoms with van der Waals surface area (Å²) in [6.45, 7) is 9.35. The lowest BCUT2D eigenvalue weighted by atomic mass is 10.3. The van der Waals surface area contributed by atoms with Gasteiger partial charge in [-0.05, 0) is 34.6 Å². The van der Waals surface area contributed by atoms with Crippen molar-refractivity contribution in [1.29, 1.82) is 0 Å². The van der Waals surface area contributed by atoms with Crippen LogP contribution in [0, 0.1) is 0 Å². The van der Waals surface area contributed by atoms with Crippen LogP contribution < -0.4 is 5.32 Å². The molecule has 2 N–H and O–H groups in total. The third-order valence-corrected chi connectivity index (χ3v) is 2.93. The first-order valence-corrected chi connectivity index (χ1v) is 7.20. The third kappa shape index (κ3) is 8.29. The van der Waals surface area contributed by atoms with E-state index in [1.54, 1.807) is 11.8 Å². The van der Waals surface area contributed by atoms with Crippen molar-refractivity contribution < 1.29 is 19.5 Å². The van der Waals surface area contributed by atoms with Crippen LogP contribution in [-0.2, 0) is 14.4 Å². The number of rotatable bonds is 9. The van der Waals surface area contributed by atoms with Gasteiger partial charge in [-0.25, -0.2) is 0 Å². The summed E-state index contributed by atoms with van der Waals surface area (Å²) < 4.78 is 0. The molecule has 0 aliphatic heterocycles. The smallest absolute Gasteiger partial charge is 0.317 e. The van der Waals surface area contributed by atoms with Gasteiger partial charge in [-0.1, -0.05) is 0 Å². The van der Waals surface area contributed by atoms with Gasteiger partial charge in [-0.15, -0.1) is 0 Å². The van der Waals surface area contributed by atoms with Gasteiger partial charge in [-0.3, -0.25) is 19.3 Å². The summed E-state index contributed by atoms with van der Waals surface area (Å²) in [6, 6.07) is -0.0428. The SMILES string of the molecule is CCN(CC(=O)NC(C)C)C(=O)CN(CC(=O)O)C(C)C. The molecular formula is C14H27N3O4. The molecule has 0 rings (SSSR count). The summed E-state index contributed by atoms with van der Waals surface area (Å²) in [7, 11) is 0. The van der Waals surface area contributed by atoms with Crippen molar-refractivity contribution in [3.8, 4) is 0 Å². The molecule has 2 amide bonds. The summed E-state index contributed by atoms with van der Waals surface area (Å²) in [5.74, 6) is -1.43. The molecule has 0 unspecified atom stereocenters. The van der Waals surface area contributed by atoms with Crippen molar-refractivity contribution in [3.63, 3.8) is 0 Å². The van der Waals surface area contributed by atoms with Crippen LogP contribution in [0.25, 0.3) is 0 Å². The Morgan fingerprint density at radius 3 is 2.00 bits per heavy atom. The van der Waals surface area contributed by atoms with Crippen LogP contribution in [0.1, 0.15) is 34.6 Å². The highest BCUT2D eigenvalue weighted by molar-refractivity contribution is 5.86. The van der Waals surface area contributed by atoms with Gasteiger partial charge in [-0.2, -0.15) is 0 Å². The molecule has 0 fully saturated rings. The van der Waals surface area contributed by atoms with E-state index in [0.717, 1.165) is 0 Å². The molecule has 0 heterocycles. The molecule has 0 saturated carbocycles. The predicted molar refractivity (Wildman–Crippen MR) is 79.9 cm³/mol. The maximum atomic E-state index is 12.2. The summed E-state index contributed by atoms with van der Waals surface area (Å²) in [5.41, 5.74) is 0.